The molecule has 0 saturated heterocycles. The Hall–Kier alpha value is -1.34. The van der Waals surface area contributed by atoms with E-state index in [-0.39, 0.29) is 6.10 Å². The largest absolute Gasteiger partial charge is 0.393 e. The van der Waals surface area contributed by atoms with Gasteiger partial charge >= 0.3 is 0 Å². The van der Waals surface area contributed by atoms with Crippen LogP contribution in [-0.2, 0) is 0 Å². The lowest BCUT2D eigenvalue weighted by molar-refractivity contribution is 0.0407. The van der Waals surface area contributed by atoms with Crippen LogP contribution in [0.5, 0.6) is 0 Å². The van der Waals surface area contributed by atoms with Gasteiger partial charge < -0.3 is 5.11 Å². The summed E-state index contributed by atoms with van der Waals surface area (Å²) in [6, 6.07) is 9.30. The van der Waals surface area contributed by atoms with Crippen molar-refractivity contribution in [1.29, 1.82) is 0 Å². The molecular formula is C28H38O. The molecule has 4 aliphatic carbocycles. The summed E-state index contributed by atoms with van der Waals surface area (Å²) in [6.07, 6.45) is 13.3. The zero-order valence-electron chi connectivity index (χ0n) is 18.7. The average Bonchev–Trinajstić information content (AvgIpc) is 3.06. The van der Waals surface area contributed by atoms with Crippen LogP contribution in [-0.4, -0.2) is 11.2 Å². The molecule has 0 heterocycles. The smallest absolute Gasteiger partial charge is 0.0578 e. The molecule has 0 bridgehead atoms. The quantitative estimate of drug-likeness (QED) is 0.579. The molecule has 0 spiro atoms. The van der Waals surface area contributed by atoms with E-state index in [0.717, 1.165) is 31.1 Å². The van der Waals surface area contributed by atoms with Crippen molar-refractivity contribution in [2.24, 2.45) is 28.6 Å². The molecule has 5 rings (SSSR count). The molecule has 1 heteroatoms. The van der Waals surface area contributed by atoms with Gasteiger partial charge in [0.1, 0.15) is 0 Å². The van der Waals surface area contributed by atoms with Crippen molar-refractivity contribution in [2.75, 3.05) is 0 Å². The Bertz CT molecular complexity index is 846. The van der Waals surface area contributed by atoms with Crippen LogP contribution in [0.15, 0.2) is 47.6 Å². The minimum absolute atomic E-state index is 0.121. The van der Waals surface area contributed by atoms with Crippen LogP contribution in [0.2, 0.25) is 0 Å². The van der Waals surface area contributed by atoms with E-state index in [1.54, 1.807) is 5.57 Å². The normalized spacial score (nSPS) is 42.2. The number of aryl methyl sites for hydroxylation is 1. The molecule has 29 heavy (non-hydrogen) atoms. The van der Waals surface area contributed by atoms with Crippen molar-refractivity contribution >= 4 is 0 Å². The number of rotatable bonds is 2. The van der Waals surface area contributed by atoms with Crippen LogP contribution in [0.4, 0.5) is 0 Å². The van der Waals surface area contributed by atoms with Gasteiger partial charge in [0.2, 0.25) is 0 Å². The van der Waals surface area contributed by atoms with E-state index in [9.17, 15) is 5.11 Å². The fraction of sp³-hybridized carbons (Fsp3) is 0.643. The van der Waals surface area contributed by atoms with Gasteiger partial charge in [0.05, 0.1) is 6.10 Å². The van der Waals surface area contributed by atoms with Crippen LogP contribution < -0.4 is 0 Å². The topological polar surface area (TPSA) is 20.2 Å². The molecule has 3 fully saturated rings. The Morgan fingerprint density at radius 1 is 0.931 bits per heavy atom. The molecule has 1 aromatic carbocycles. The van der Waals surface area contributed by atoms with Crippen molar-refractivity contribution in [3.05, 3.63) is 58.7 Å². The minimum atomic E-state index is -0.121. The van der Waals surface area contributed by atoms with E-state index in [0.29, 0.717) is 22.7 Å². The lowest BCUT2D eigenvalue weighted by Crippen LogP contribution is -2.46. The van der Waals surface area contributed by atoms with Gasteiger partial charge in [0.25, 0.3) is 0 Å². The Balaban J connectivity index is 1.45. The molecule has 0 amide bonds. The van der Waals surface area contributed by atoms with Crippen molar-refractivity contribution in [3.63, 3.8) is 0 Å². The summed E-state index contributed by atoms with van der Waals surface area (Å²) >= 11 is 0. The fourth-order valence-corrected chi connectivity index (χ4v) is 7.95. The third-order valence-electron chi connectivity index (χ3n) is 9.82. The number of benzene rings is 1. The van der Waals surface area contributed by atoms with Gasteiger partial charge in [-0.1, -0.05) is 73.9 Å². The lowest BCUT2D eigenvalue weighted by Gasteiger charge is -2.55. The van der Waals surface area contributed by atoms with E-state index >= 15 is 0 Å². The van der Waals surface area contributed by atoms with Gasteiger partial charge in [-0.05, 0) is 91.9 Å². The van der Waals surface area contributed by atoms with Crippen LogP contribution in [0.3, 0.4) is 0 Å². The summed E-state index contributed by atoms with van der Waals surface area (Å²) in [5.41, 5.74) is 6.90. The summed E-state index contributed by atoms with van der Waals surface area (Å²) in [5.74, 6) is 2.88. The summed E-state index contributed by atoms with van der Waals surface area (Å²) in [7, 11) is 0. The zero-order valence-corrected chi connectivity index (χ0v) is 18.7. The second kappa shape index (κ2) is 6.84. The highest BCUT2D eigenvalue weighted by atomic mass is 16.3. The molecule has 1 aromatic rings. The SMILES string of the molecule is Cc1ccc([C@H](C)[C@H]2CC[C@H]3C4=CC=C5CC(O)CC[C@]5(C)[C@H]4CC[C@]23C)cc1. The van der Waals surface area contributed by atoms with E-state index in [1.807, 2.05) is 0 Å². The molecular weight excluding hydrogens is 352 g/mol. The zero-order chi connectivity index (χ0) is 20.4. The van der Waals surface area contributed by atoms with Crippen molar-refractivity contribution < 1.29 is 5.11 Å². The minimum Gasteiger partial charge on any atom is -0.393 e. The lowest BCUT2D eigenvalue weighted by atomic mass is 9.50. The first-order chi connectivity index (χ1) is 13.8. The van der Waals surface area contributed by atoms with Crippen molar-refractivity contribution in [3.8, 4) is 0 Å². The third-order valence-corrected chi connectivity index (χ3v) is 9.82. The van der Waals surface area contributed by atoms with Gasteiger partial charge in [0.15, 0.2) is 0 Å². The van der Waals surface area contributed by atoms with Crippen molar-refractivity contribution in [1.82, 2.24) is 0 Å². The van der Waals surface area contributed by atoms with Crippen LogP contribution in [0, 0.1) is 35.5 Å². The molecule has 0 aliphatic heterocycles. The molecule has 0 radical (unpaired) electrons. The maximum absolute atomic E-state index is 10.2. The average molecular weight is 391 g/mol. The van der Waals surface area contributed by atoms with Gasteiger partial charge in [-0.3, -0.25) is 0 Å². The summed E-state index contributed by atoms with van der Waals surface area (Å²) in [5, 5.41) is 10.2. The second-order valence-electron chi connectivity index (χ2n) is 11.2. The number of aliphatic hydroxyl groups excluding tert-OH is 1. The molecule has 1 N–H and O–H groups in total. The number of fused-ring (bicyclic) bond motifs is 5. The first-order valence-corrected chi connectivity index (χ1v) is 12.0. The monoisotopic (exact) mass is 390 g/mol. The van der Waals surface area contributed by atoms with E-state index in [4.69, 9.17) is 0 Å². The number of allylic oxidation sites excluding steroid dienone is 3. The van der Waals surface area contributed by atoms with E-state index < -0.39 is 0 Å². The summed E-state index contributed by atoms with van der Waals surface area (Å²) in [6.45, 7) is 9.78. The van der Waals surface area contributed by atoms with E-state index in [2.05, 4.69) is 64.1 Å². The molecule has 0 aromatic heterocycles. The Kier molecular flexibility index (Phi) is 4.63. The highest BCUT2D eigenvalue weighted by molar-refractivity contribution is 5.39. The van der Waals surface area contributed by atoms with Gasteiger partial charge in [-0.25, -0.2) is 0 Å². The van der Waals surface area contributed by atoms with Crippen LogP contribution >= 0.6 is 0 Å². The van der Waals surface area contributed by atoms with Gasteiger partial charge in [0, 0.05) is 0 Å². The standard InChI is InChI=1S/C28H38O/c1-18-5-7-20(8-6-18)19(2)24-11-12-25-23-10-9-21-17-22(29)13-15-27(21,3)26(23)14-16-28(24,25)4/h5-10,19,22,24-26,29H,11-17H2,1-4H3/t19-,22?,24+,25-,26-,27-,28+/m0/s1. The molecule has 1 unspecified atom stereocenters. The van der Waals surface area contributed by atoms with E-state index in [1.165, 1.54) is 42.4 Å². The molecule has 3 saturated carbocycles. The van der Waals surface area contributed by atoms with Crippen LogP contribution in [0.25, 0.3) is 0 Å². The second-order valence-corrected chi connectivity index (χ2v) is 11.2. The summed E-state index contributed by atoms with van der Waals surface area (Å²) in [4.78, 5) is 0. The first kappa shape index (κ1) is 19.6. The molecule has 4 aliphatic rings. The predicted octanol–water partition coefficient (Wildman–Crippen LogP) is 6.96. The first-order valence-electron chi connectivity index (χ1n) is 12.0. The number of hydrogen-bond acceptors (Lipinski definition) is 1. The maximum atomic E-state index is 10.2. The molecule has 7 atom stereocenters. The Labute approximate surface area is 177 Å². The van der Waals surface area contributed by atoms with Crippen molar-refractivity contribution in [2.45, 2.75) is 84.7 Å². The highest BCUT2D eigenvalue weighted by Gasteiger charge is 2.57. The fourth-order valence-electron chi connectivity index (χ4n) is 7.95. The molecule has 156 valence electrons. The molecule has 1 nitrogen and oxygen atoms in total. The van der Waals surface area contributed by atoms with Crippen LogP contribution in [0.1, 0.15) is 82.8 Å². The number of aliphatic hydroxyl groups is 1. The Morgan fingerprint density at radius 3 is 2.45 bits per heavy atom. The highest BCUT2D eigenvalue weighted by Crippen LogP contribution is 2.66. The Morgan fingerprint density at radius 2 is 1.69 bits per heavy atom. The summed E-state index contributed by atoms with van der Waals surface area (Å²) < 4.78 is 0. The van der Waals surface area contributed by atoms with Gasteiger partial charge in [-0.2, -0.15) is 0 Å². The number of hydrogen-bond donors (Lipinski definition) is 1. The maximum Gasteiger partial charge on any atom is 0.0578 e. The van der Waals surface area contributed by atoms with Gasteiger partial charge in [-0.15, -0.1) is 0 Å². The predicted molar refractivity (Wildman–Crippen MR) is 121 cm³/mol. The third kappa shape index (κ3) is 2.91.